The lowest BCUT2D eigenvalue weighted by atomic mass is 10.1. The summed E-state index contributed by atoms with van der Waals surface area (Å²) in [6, 6.07) is 16.0. The molecule has 2 aromatic rings. The Labute approximate surface area is 189 Å². The molecule has 32 heavy (non-hydrogen) atoms. The Kier molecular flexibility index (Phi) is 8.51. The van der Waals surface area contributed by atoms with E-state index in [1.54, 1.807) is 31.4 Å². The third-order valence-electron chi connectivity index (χ3n) is 4.69. The molecule has 1 fully saturated rings. The molecule has 1 amide bonds. The van der Waals surface area contributed by atoms with Gasteiger partial charge in [-0.15, -0.1) is 0 Å². The summed E-state index contributed by atoms with van der Waals surface area (Å²) in [6.07, 6.45) is -0.487. The molecule has 7 heteroatoms. The second kappa shape index (κ2) is 11.5. The summed E-state index contributed by atoms with van der Waals surface area (Å²) in [7, 11) is 1.64. The van der Waals surface area contributed by atoms with Gasteiger partial charge in [-0.3, -0.25) is 0 Å². The Bertz CT molecular complexity index is 917. The largest absolute Gasteiger partial charge is 0.497 e. The minimum Gasteiger partial charge on any atom is -0.497 e. The van der Waals surface area contributed by atoms with E-state index in [-0.39, 0.29) is 0 Å². The van der Waals surface area contributed by atoms with Crippen LogP contribution in [0.4, 0.5) is 4.79 Å². The molecule has 0 aliphatic carbocycles. The fourth-order valence-corrected chi connectivity index (χ4v) is 3.07. The number of carbonyl (C=O) groups is 1. The quantitative estimate of drug-likeness (QED) is 0.497. The van der Waals surface area contributed by atoms with Crippen molar-refractivity contribution in [3.05, 3.63) is 60.2 Å². The molecule has 1 aliphatic heterocycles. The molecule has 2 aromatic carbocycles. The second-order valence-corrected chi connectivity index (χ2v) is 7.66. The van der Waals surface area contributed by atoms with Crippen LogP contribution in [0.2, 0.25) is 0 Å². The molecule has 0 radical (unpaired) electrons. The molecule has 0 spiro atoms. The van der Waals surface area contributed by atoms with E-state index in [1.165, 1.54) is 0 Å². The Hall–Kier alpha value is -3.05. The molecule has 170 valence electrons. The Morgan fingerprint density at radius 2 is 1.91 bits per heavy atom. The SMILES string of the molecule is COc1ccc(COCCC#C[C@H](NC(=O)Oc2ccccc2)[C@H]2COC(C)(C)O2)cc1. The first-order valence-corrected chi connectivity index (χ1v) is 10.5. The van der Waals surface area contributed by atoms with Gasteiger partial charge >= 0.3 is 6.09 Å². The summed E-state index contributed by atoms with van der Waals surface area (Å²) >= 11 is 0. The van der Waals surface area contributed by atoms with Crippen molar-refractivity contribution in [2.75, 3.05) is 20.3 Å². The molecule has 1 aliphatic rings. The maximum Gasteiger partial charge on any atom is 0.413 e. The Morgan fingerprint density at radius 3 is 2.56 bits per heavy atom. The first kappa shape index (κ1) is 23.6. The number of ether oxygens (including phenoxy) is 5. The highest BCUT2D eigenvalue weighted by Crippen LogP contribution is 2.24. The van der Waals surface area contributed by atoms with Gasteiger partial charge in [0.15, 0.2) is 5.79 Å². The molecule has 3 rings (SSSR count). The number of amides is 1. The lowest BCUT2D eigenvalue weighted by molar-refractivity contribution is -0.139. The molecule has 0 unspecified atom stereocenters. The lowest BCUT2D eigenvalue weighted by Gasteiger charge is -2.21. The van der Waals surface area contributed by atoms with Crippen LogP contribution in [0.15, 0.2) is 54.6 Å². The van der Waals surface area contributed by atoms with Crippen LogP contribution in [-0.2, 0) is 20.8 Å². The molecule has 0 aromatic heterocycles. The fraction of sp³-hybridized carbons (Fsp3) is 0.400. The summed E-state index contributed by atoms with van der Waals surface area (Å²) in [5.41, 5.74) is 1.06. The van der Waals surface area contributed by atoms with Gasteiger partial charge in [0.25, 0.3) is 0 Å². The maximum absolute atomic E-state index is 12.3. The van der Waals surface area contributed by atoms with Crippen molar-refractivity contribution in [1.29, 1.82) is 0 Å². The zero-order valence-electron chi connectivity index (χ0n) is 18.6. The number of benzene rings is 2. The number of para-hydroxylation sites is 1. The van der Waals surface area contributed by atoms with Crippen LogP contribution in [0, 0.1) is 11.8 Å². The average molecular weight is 440 g/mol. The van der Waals surface area contributed by atoms with E-state index >= 15 is 0 Å². The molecule has 2 atom stereocenters. The lowest BCUT2D eigenvalue weighted by Crippen LogP contribution is -2.45. The fourth-order valence-electron chi connectivity index (χ4n) is 3.07. The monoisotopic (exact) mass is 439 g/mol. The van der Waals surface area contributed by atoms with Crippen molar-refractivity contribution in [2.24, 2.45) is 0 Å². The molecular formula is C25H29NO6. The third kappa shape index (κ3) is 7.57. The summed E-state index contributed by atoms with van der Waals surface area (Å²) in [5.74, 6) is 6.67. The standard InChI is InChI=1S/C25H29NO6/c1-25(2)30-18-23(32-25)22(26-24(27)31-21-9-5-4-6-10-21)11-7-8-16-29-17-19-12-14-20(28-3)15-13-19/h4-6,9-10,12-15,22-23H,8,16-18H2,1-3H3,(H,26,27)/t22-,23+/m0/s1. The van der Waals surface area contributed by atoms with Crippen LogP contribution in [0.25, 0.3) is 0 Å². The van der Waals surface area contributed by atoms with E-state index in [1.807, 2.05) is 44.2 Å². The van der Waals surface area contributed by atoms with Gasteiger partial charge in [-0.2, -0.15) is 0 Å². The average Bonchev–Trinajstić information content (AvgIpc) is 3.16. The minimum atomic E-state index is -0.725. The van der Waals surface area contributed by atoms with Crippen LogP contribution < -0.4 is 14.8 Å². The molecule has 0 bridgehead atoms. The zero-order valence-corrected chi connectivity index (χ0v) is 18.6. The highest BCUT2D eigenvalue weighted by atomic mass is 16.7. The molecule has 1 heterocycles. The first-order valence-electron chi connectivity index (χ1n) is 10.5. The van der Waals surface area contributed by atoms with Gasteiger partial charge in [0.05, 0.1) is 26.9 Å². The van der Waals surface area contributed by atoms with Crippen LogP contribution in [0.3, 0.4) is 0 Å². The van der Waals surface area contributed by atoms with Crippen molar-refractivity contribution < 1.29 is 28.5 Å². The van der Waals surface area contributed by atoms with Gasteiger partial charge in [0.2, 0.25) is 0 Å². The van der Waals surface area contributed by atoms with Gasteiger partial charge in [0, 0.05) is 6.42 Å². The smallest absolute Gasteiger partial charge is 0.413 e. The predicted molar refractivity (Wildman–Crippen MR) is 119 cm³/mol. The number of hydrogen-bond acceptors (Lipinski definition) is 6. The highest BCUT2D eigenvalue weighted by molar-refractivity contribution is 5.71. The predicted octanol–water partition coefficient (Wildman–Crippen LogP) is 3.91. The molecular weight excluding hydrogens is 410 g/mol. The summed E-state index contributed by atoms with van der Waals surface area (Å²) < 4.78 is 27.7. The van der Waals surface area contributed by atoms with Crippen molar-refractivity contribution in [3.63, 3.8) is 0 Å². The van der Waals surface area contributed by atoms with E-state index < -0.39 is 24.0 Å². The van der Waals surface area contributed by atoms with E-state index in [9.17, 15) is 4.79 Å². The van der Waals surface area contributed by atoms with Gasteiger partial charge in [0.1, 0.15) is 23.6 Å². The van der Waals surface area contributed by atoms with E-state index in [0.29, 0.717) is 32.0 Å². The van der Waals surface area contributed by atoms with Gasteiger partial charge in [-0.1, -0.05) is 42.2 Å². The van der Waals surface area contributed by atoms with Crippen LogP contribution in [0.5, 0.6) is 11.5 Å². The minimum absolute atomic E-state index is 0.325. The highest BCUT2D eigenvalue weighted by Gasteiger charge is 2.37. The first-order chi connectivity index (χ1) is 15.4. The van der Waals surface area contributed by atoms with E-state index in [0.717, 1.165) is 11.3 Å². The summed E-state index contributed by atoms with van der Waals surface area (Å²) in [4.78, 5) is 12.3. The second-order valence-electron chi connectivity index (χ2n) is 7.66. The topological polar surface area (TPSA) is 75.3 Å². The third-order valence-corrected chi connectivity index (χ3v) is 4.69. The molecule has 1 saturated heterocycles. The van der Waals surface area contributed by atoms with E-state index in [4.69, 9.17) is 23.7 Å². The number of rotatable bonds is 8. The van der Waals surface area contributed by atoms with Crippen molar-refractivity contribution in [2.45, 2.75) is 44.8 Å². The number of carbonyl (C=O) groups excluding carboxylic acids is 1. The Morgan fingerprint density at radius 1 is 1.16 bits per heavy atom. The molecule has 1 N–H and O–H groups in total. The molecule has 0 saturated carbocycles. The summed E-state index contributed by atoms with van der Waals surface area (Å²) in [6.45, 7) is 4.93. The van der Waals surface area contributed by atoms with E-state index in [2.05, 4.69) is 17.2 Å². The maximum atomic E-state index is 12.3. The van der Waals surface area contributed by atoms with Crippen LogP contribution in [-0.4, -0.2) is 44.3 Å². The molecule has 7 nitrogen and oxygen atoms in total. The number of nitrogens with one attached hydrogen (secondary N) is 1. The van der Waals surface area contributed by atoms with Gasteiger partial charge < -0.3 is 29.0 Å². The normalized spacial score (nSPS) is 17.7. The van der Waals surface area contributed by atoms with Gasteiger partial charge in [-0.05, 0) is 43.7 Å². The number of hydrogen-bond donors (Lipinski definition) is 1. The van der Waals surface area contributed by atoms with Crippen molar-refractivity contribution in [1.82, 2.24) is 5.32 Å². The summed E-state index contributed by atoms with van der Waals surface area (Å²) in [5, 5.41) is 2.78. The number of methoxy groups -OCH3 is 1. The van der Waals surface area contributed by atoms with Gasteiger partial charge in [-0.25, -0.2) is 4.79 Å². The van der Waals surface area contributed by atoms with Crippen molar-refractivity contribution >= 4 is 6.09 Å². The zero-order chi connectivity index (χ0) is 22.8. The van der Waals surface area contributed by atoms with Crippen molar-refractivity contribution in [3.8, 4) is 23.3 Å². The Balaban J connectivity index is 1.50. The van der Waals surface area contributed by atoms with Crippen LogP contribution in [0.1, 0.15) is 25.8 Å². The van der Waals surface area contributed by atoms with Crippen LogP contribution >= 0.6 is 0 Å².